The van der Waals surface area contributed by atoms with Crippen molar-refractivity contribution in [3.05, 3.63) is 63.7 Å². The lowest BCUT2D eigenvalue weighted by molar-refractivity contribution is -0.385. The van der Waals surface area contributed by atoms with E-state index in [-0.39, 0.29) is 16.5 Å². The van der Waals surface area contributed by atoms with E-state index in [2.05, 4.69) is 5.32 Å². The van der Waals surface area contributed by atoms with E-state index in [4.69, 9.17) is 0 Å². The van der Waals surface area contributed by atoms with E-state index in [1.807, 2.05) is 30.3 Å². The minimum absolute atomic E-state index is 0.0641. The number of hydrogen-bond acceptors (Lipinski definition) is 4. The zero-order chi connectivity index (χ0) is 17.0. The molecule has 2 rings (SSSR count). The Kier molecular flexibility index (Phi) is 4.95. The molecule has 0 saturated heterocycles. The molecule has 0 aliphatic heterocycles. The number of amides is 1. The van der Waals surface area contributed by atoms with Crippen molar-refractivity contribution in [2.75, 3.05) is 17.3 Å². The molecule has 120 valence electrons. The maximum absolute atomic E-state index is 11.6. The lowest BCUT2D eigenvalue weighted by atomic mass is 10.1. The third kappa shape index (κ3) is 3.66. The molecule has 2 aromatic rings. The van der Waals surface area contributed by atoms with Crippen molar-refractivity contribution in [2.45, 2.75) is 20.4 Å². The highest BCUT2D eigenvalue weighted by Crippen LogP contribution is 2.27. The van der Waals surface area contributed by atoms with Crippen molar-refractivity contribution in [2.24, 2.45) is 0 Å². The van der Waals surface area contributed by atoms with Crippen molar-refractivity contribution < 1.29 is 9.72 Å². The summed E-state index contributed by atoms with van der Waals surface area (Å²) in [5.41, 5.74) is 3.17. The van der Waals surface area contributed by atoms with Crippen LogP contribution in [-0.2, 0) is 11.3 Å². The predicted octanol–water partition coefficient (Wildman–Crippen LogP) is 3.50. The molecule has 0 aliphatic rings. The second kappa shape index (κ2) is 6.91. The fourth-order valence-corrected chi connectivity index (χ4v) is 2.33. The minimum Gasteiger partial charge on any atom is -0.379 e. The van der Waals surface area contributed by atoms with E-state index in [0.29, 0.717) is 12.1 Å². The molecule has 0 radical (unpaired) electrons. The van der Waals surface area contributed by atoms with Gasteiger partial charge in [-0.05, 0) is 24.6 Å². The van der Waals surface area contributed by atoms with Crippen LogP contribution in [0.5, 0.6) is 0 Å². The number of rotatable bonds is 5. The van der Waals surface area contributed by atoms with Crippen molar-refractivity contribution in [3.63, 3.8) is 0 Å². The Hall–Kier alpha value is -2.89. The molecule has 23 heavy (non-hydrogen) atoms. The predicted molar refractivity (Wildman–Crippen MR) is 90.7 cm³/mol. The normalized spacial score (nSPS) is 10.2. The standard InChI is InChI=1S/C17H19N3O3/c1-12-14(7-6-10-16(12)20(22)23)11-18-15-8-4-5-9-17(15)19(3)13(2)21/h4-10,18H,11H2,1-3H3. The van der Waals surface area contributed by atoms with Crippen LogP contribution in [0, 0.1) is 17.0 Å². The Balaban J connectivity index is 2.24. The Morgan fingerprint density at radius 3 is 2.57 bits per heavy atom. The molecular formula is C17H19N3O3. The van der Waals surface area contributed by atoms with E-state index in [9.17, 15) is 14.9 Å². The second-order valence-electron chi connectivity index (χ2n) is 5.27. The Morgan fingerprint density at radius 1 is 1.22 bits per heavy atom. The molecular weight excluding hydrogens is 294 g/mol. The van der Waals surface area contributed by atoms with Crippen molar-refractivity contribution in [3.8, 4) is 0 Å². The summed E-state index contributed by atoms with van der Waals surface area (Å²) in [6.07, 6.45) is 0. The number of para-hydroxylation sites is 2. The van der Waals surface area contributed by atoms with Crippen LogP contribution >= 0.6 is 0 Å². The van der Waals surface area contributed by atoms with Crippen LogP contribution in [0.3, 0.4) is 0 Å². The number of nitro benzene ring substituents is 1. The van der Waals surface area contributed by atoms with Gasteiger partial charge >= 0.3 is 0 Å². The second-order valence-corrected chi connectivity index (χ2v) is 5.27. The van der Waals surface area contributed by atoms with E-state index >= 15 is 0 Å². The van der Waals surface area contributed by atoms with Crippen LogP contribution in [0.1, 0.15) is 18.1 Å². The van der Waals surface area contributed by atoms with Crippen molar-refractivity contribution >= 4 is 23.0 Å². The number of nitrogens with one attached hydrogen (secondary N) is 1. The Bertz CT molecular complexity index is 744. The van der Waals surface area contributed by atoms with Crippen molar-refractivity contribution in [1.82, 2.24) is 0 Å². The van der Waals surface area contributed by atoms with Gasteiger partial charge in [-0.15, -0.1) is 0 Å². The number of nitro groups is 1. The zero-order valence-electron chi connectivity index (χ0n) is 13.4. The topological polar surface area (TPSA) is 75.5 Å². The Labute approximate surface area is 134 Å². The number of carbonyl (C=O) groups is 1. The van der Waals surface area contributed by atoms with E-state index in [0.717, 1.165) is 16.9 Å². The van der Waals surface area contributed by atoms with Gasteiger partial charge in [0.1, 0.15) is 0 Å². The van der Waals surface area contributed by atoms with Gasteiger partial charge in [0.25, 0.3) is 5.69 Å². The van der Waals surface area contributed by atoms with Gasteiger partial charge in [-0.3, -0.25) is 14.9 Å². The third-order valence-electron chi connectivity index (χ3n) is 3.82. The lowest BCUT2D eigenvalue weighted by Crippen LogP contribution is -2.23. The van der Waals surface area contributed by atoms with Gasteiger partial charge in [-0.1, -0.05) is 24.3 Å². The molecule has 0 atom stereocenters. The van der Waals surface area contributed by atoms with Crippen LogP contribution in [0.4, 0.5) is 17.1 Å². The summed E-state index contributed by atoms with van der Waals surface area (Å²) < 4.78 is 0. The Morgan fingerprint density at radius 2 is 1.91 bits per heavy atom. The van der Waals surface area contributed by atoms with Gasteiger partial charge < -0.3 is 10.2 Å². The molecule has 0 unspecified atom stereocenters. The summed E-state index contributed by atoms with van der Waals surface area (Å²) in [5, 5.41) is 14.3. The number of carbonyl (C=O) groups excluding carboxylic acids is 1. The van der Waals surface area contributed by atoms with Gasteiger partial charge in [-0.25, -0.2) is 0 Å². The van der Waals surface area contributed by atoms with Gasteiger partial charge in [-0.2, -0.15) is 0 Å². The lowest BCUT2D eigenvalue weighted by Gasteiger charge is -2.20. The largest absolute Gasteiger partial charge is 0.379 e. The highest BCUT2D eigenvalue weighted by molar-refractivity contribution is 5.94. The highest BCUT2D eigenvalue weighted by atomic mass is 16.6. The van der Waals surface area contributed by atoms with Gasteiger partial charge in [0.05, 0.1) is 16.3 Å². The maximum atomic E-state index is 11.6. The van der Waals surface area contributed by atoms with Gasteiger partial charge in [0.15, 0.2) is 0 Å². The summed E-state index contributed by atoms with van der Waals surface area (Å²) in [6, 6.07) is 12.5. The molecule has 1 amide bonds. The average Bonchev–Trinajstić information content (AvgIpc) is 2.53. The quantitative estimate of drug-likeness (QED) is 0.677. The fraction of sp³-hybridized carbons (Fsp3) is 0.235. The highest BCUT2D eigenvalue weighted by Gasteiger charge is 2.14. The molecule has 0 aromatic heterocycles. The molecule has 0 heterocycles. The zero-order valence-corrected chi connectivity index (χ0v) is 13.4. The van der Waals surface area contributed by atoms with Gasteiger partial charge in [0.2, 0.25) is 5.91 Å². The monoisotopic (exact) mass is 313 g/mol. The third-order valence-corrected chi connectivity index (χ3v) is 3.82. The summed E-state index contributed by atoms with van der Waals surface area (Å²) in [5.74, 6) is -0.0641. The number of nitrogens with zero attached hydrogens (tertiary/aromatic N) is 2. The van der Waals surface area contributed by atoms with E-state index in [1.165, 1.54) is 13.0 Å². The van der Waals surface area contributed by atoms with Crippen LogP contribution in [-0.4, -0.2) is 17.9 Å². The average molecular weight is 313 g/mol. The molecule has 2 aromatic carbocycles. The van der Waals surface area contributed by atoms with Crippen molar-refractivity contribution in [1.29, 1.82) is 0 Å². The smallest absolute Gasteiger partial charge is 0.272 e. The summed E-state index contributed by atoms with van der Waals surface area (Å²) in [4.78, 5) is 23.8. The van der Waals surface area contributed by atoms with Gasteiger partial charge in [0, 0.05) is 32.1 Å². The molecule has 0 fully saturated rings. The molecule has 0 aliphatic carbocycles. The molecule has 1 N–H and O–H groups in total. The van der Waals surface area contributed by atoms with Crippen LogP contribution in [0.2, 0.25) is 0 Å². The first kappa shape index (κ1) is 16.5. The molecule has 6 heteroatoms. The number of hydrogen-bond donors (Lipinski definition) is 1. The summed E-state index contributed by atoms with van der Waals surface area (Å²) in [7, 11) is 1.71. The SMILES string of the molecule is CC(=O)N(C)c1ccccc1NCc1cccc([N+](=O)[O-])c1C. The fourth-order valence-electron chi connectivity index (χ4n) is 2.33. The minimum atomic E-state index is -0.379. The molecule has 0 saturated carbocycles. The first-order chi connectivity index (χ1) is 10.9. The number of anilines is 2. The first-order valence-electron chi connectivity index (χ1n) is 7.22. The molecule has 6 nitrogen and oxygen atoms in total. The van der Waals surface area contributed by atoms with E-state index in [1.54, 1.807) is 24.9 Å². The molecule has 0 bridgehead atoms. The maximum Gasteiger partial charge on any atom is 0.272 e. The summed E-state index contributed by atoms with van der Waals surface area (Å²) in [6.45, 7) is 3.68. The number of benzene rings is 2. The van der Waals surface area contributed by atoms with Crippen LogP contribution < -0.4 is 10.2 Å². The first-order valence-corrected chi connectivity index (χ1v) is 7.22. The molecule has 0 spiro atoms. The van der Waals surface area contributed by atoms with Crippen LogP contribution in [0.25, 0.3) is 0 Å². The summed E-state index contributed by atoms with van der Waals surface area (Å²) >= 11 is 0. The van der Waals surface area contributed by atoms with E-state index < -0.39 is 0 Å². The van der Waals surface area contributed by atoms with Crippen LogP contribution in [0.15, 0.2) is 42.5 Å².